The number of sulfonamides is 1. The maximum Gasteiger partial charge on any atom is 0.340 e. The predicted octanol–water partition coefficient (Wildman–Crippen LogP) is 0.875. The summed E-state index contributed by atoms with van der Waals surface area (Å²) in [6.07, 6.45) is 1.50. The number of aromatic carboxylic acids is 1. The molecular formula is C11H15FN2O4S. The van der Waals surface area contributed by atoms with E-state index in [2.05, 4.69) is 10.0 Å². The number of hydrogen-bond acceptors (Lipinski definition) is 4. The van der Waals surface area contributed by atoms with Crippen LogP contribution < -0.4 is 10.0 Å². The summed E-state index contributed by atoms with van der Waals surface area (Å²) >= 11 is 0. The molecule has 0 aliphatic heterocycles. The van der Waals surface area contributed by atoms with E-state index in [4.69, 9.17) is 5.11 Å². The van der Waals surface area contributed by atoms with Gasteiger partial charge in [0.25, 0.3) is 0 Å². The van der Waals surface area contributed by atoms with Crippen molar-refractivity contribution < 1.29 is 22.7 Å². The van der Waals surface area contributed by atoms with Crippen molar-refractivity contribution in [2.24, 2.45) is 0 Å². The van der Waals surface area contributed by atoms with E-state index in [0.29, 0.717) is 13.0 Å². The van der Waals surface area contributed by atoms with Gasteiger partial charge in [0.05, 0.1) is 11.9 Å². The van der Waals surface area contributed by atoms with Crippen LogP contribution in [0.5, 0.6) is 0 Å². The molecule has 0 aliphatic carbocycles. The molecule has 0 atom stereocenters. The van der Waals surface area contributed by atoms with Gasteiger partial charge in [-0.25, -0.2) is 22.3 Å². The fourth-order valence-corrected chi connectivity index (χ4v) is 1.97. The average Bonchev–Trinajstić information content (AvgIpc) is 2.26. The fraction of sp³-hybridized carbons (Fsp3) is 0.364. The number of benzene rings is 1. The highest BCUT2D eigenvalue weighted by molar-refractivity contribution is 7.88. The van der Waals surface area contributed by atoms with E-state index < -0.39 is 27.4 Å². The lowest BCUT2D eigenvalue weighted by molar-refractivity contribution is 0.0693. The molecule has 0 saturated heterocycles. The first-order valence-electron chi connectivity index (χ1n) is 5.51. The Hall–Kier alpha value is -1.67. The summed E-state index contributed by atoms with van der Waals surface area (Å²) in [4.78, 5) is 10.9. The quantitative estimate of drug-likeness (QED) is 0.648. The smallest absolute Gasteiger partial charge is 0.340 e. The van der Waals surface area contributed by atoms with Crippen LogP contribution in [-0.4, -0.2) is 38.8 Å². The molecule has 8 heteroatoms. The Bertz CT molecular complexity index is 560. The molecule has 6 nitrogen and oxygen atoms in total. The third-order valence-electron chi connectivity index (χ3n) is 2.26. The lowest BCUT2D eigenvalue weighted by Crippen LogP contribution is -2.24. The number of hydrogen-bond donors (Lipinski definition) is 3. The molecule has 19 heavy (non-hydrogen) atoms. The highest BCUT2D eigenvalue weighted by atomic mass is 32.2. The molecule has 3 N–H and O–H groups in total. The number of rotatable bonds is 7. The molecular weight excluding hydrogens is 275 g/mol. The number of carbonyl (C=O) groups is 1. The van der Waals surface area contributed by atoms with E-state index in [1.54, 1.807) is 0 Å². The second kappa shape index (κ2) is 6.48. The Morgan fingerprint density at radius 2 is 2.05 bits per heavy atom. The zero-order valence-electron chi connectivity index (χ0n) is 10.3. The SMILES string of the molecule is CS(=O)(=O)NCCCNc1cccc(F)c1C(=O)O. The molecule has 0 aromatic heterocycles. The van der Waals surface area contributed by atoms with Gasteiger partial charge in [-0.3, -0.25) is 0 Å². The van der Waals surface area contributed by atoms with Crippen molar-refractivity contribution >= 4 is 21.7 Å². The van der Waals surface area contributed by atoms with Gasteiger partial charge in [0.1, 0.15) is 11.4 Å². The van der Waals surface area contributed by atoms with E-state index in [1.807, 2.05) is 0 Å². The van der Waals surface area contributed by atoms with Crippen molar-refractivity contribution in [3.05, 3.63) is 29.6 Å². The van der Waals surface area contributed by atoms with Crippen LogP contribution in [0.25, 0.3) is 0 Å². The lowest BCUT2D eigenvalue weighted by atomic mass is 10.1. The molecule has 0 unspecified atom stereocenters. The number of anilines is 1. The van der Waals surface area contributed by atoms with Gasteiger partial charge in [-0.2, -0.15) is 0 Å². The Balaban J connectivity index is 2.55. The highest BCUT2D eigenvalue weighted by Crippen LogP contribution is 2.18. The van der Waals surface area contributed by atoms with Crippen LogP contribution in [-0.2, 0) is 10.0 Å². The minimum Gasteiger partial charge on any atom is -0.478 e. The molecule has 0 amide bonds. The van der Waals surface area contributed by atoms with Crippen LogP contribution in [0.3, 0.4) is 0 Å². The Labute approximate surface area is 110 Å². The van der Waals surface area contributed by atoms with Gasteiger partial charge in [-0.1, -0.05) is 6.07 Å². The molecule has 0 heterocycles. The monoisotopic (exact) mass is 290 g/mol. The van der Waals surface area contributed by atoms with Gasteiger partial charge in [0.2, 0.25) is 10.0 Å². The first-order valence-corrected chi connectivity index (χ1v) is 7.40. The third-order valence-corrected chi connectivity index (χ3v) is 2.99. The van der Waals surface area contributed by atoms with Crippen molar-refractivity contribution in [3.63, 3.8) is 0 Å². The van der Waals surface area contributed by atoms with Crippen LogP contribution in [0.2, 0.25) is 0 Å². The van der Waals surface area contributed by atoms with Gasteiger partial charge >= 0.3 is 5.97 Å². The topological polar surface area (TPSA) is 95.5 Å². The average molecular weight is 290 g/mol. The zero-order valence-corrected chi connectivity index (χ0v) is 11.1. The number of halogens is 1. The van der Waals surface area contributed by atoms with Crippen molar-refractivity contribution in [2.45, 2.75) is 6.42 Å². The van der Waals surface area contributed by atoms with Gasteiger partial charge in [-0.05, 0) is 18.6 Å². The molecule has 0 aliphatic rings. The van der Waals surface area contributed by atoms with Crippen LogP contribution >= 0.6 is 0 Å². The van der Waals surface area contributed by atoms with Crippen molar-refractivity contribution in [1.82, 2.24) is 4.72 Å². The zero-order chi connectivity index (χ0) is 14.5. The van der Waals surface area contributed by atoms with Crippen LogP contribution in [0.1, 0.15) is 16.8 Å². The summed E-state index contributed by atoms with van der Waals surface area (Å²) in [5.74, 6) is -2.17. The van der Waals surface area contributed by atoms with E-state index in [-0.39, 0.29) is 12.2 Å². The Morgan fingerprint density at radius 3 is 2.63 bits per heavy atom. The first-order chi connectivity index (χ1) is 8.81. The molecule has 0 saturated carbocycles. The van der Waals surface area contributed by atoms with Crippen molar-refractivity contribution in [1.29, 1.82) is 0 Å². The van der Waals surface area contributed by atoms with E-state index in [9.17, 15) is 17.6 Å². The van der Waals surface area contributed by atoms with Crippen LogP contribution in [0, 0.1) is 5.82 Å². The van der Waals surface area contributed by atoms with Gasteiger partial charge in [-0.15, -0.1) is 0 Å². The molecule has 1 aromatic carbocycles. The van der Waals surface area contributed by atoms with E-state index in [0.717, 1.165) is 12.3 Å². The first kappa shape index (κ1) is 15.4. The molecule has 106 valence electrons. The molecule has 1 rings (SSSR count). The Morgan fingerprint density at radius 1 is 1.37 bits per heavy atom. The maximum absolute atomic E-state index is 13.3. The third kappa shape index (κ3) is 5.23. The van der Waals surface area contributed by atoms with Gasteiger partial charge in [0, 0.05) is 13.1 Å². The van der Waals surface area contributed by atoms with Crippen molar-refractivity contribution in [3.8, 4) is 0 Å². The molecule has 0 radical (unpaired) electrons. The summed E-state index contributed by atoms with van der Waals surface area (Å²) in [6, 6.07) is 3.93. The summed E-state index contributed by atoms with van der Waals surface area (Å²) < 4.78 is 37.2. The minimum absolute atomic E-state index is 0.173. The Kier molecular flexibility index (Phi) is 5.25. The summed E-state index contributed by atoms with van der Waals surface area (Å²) in [5.41, 5.74) is -0.245. The summed E-state index contributed by atoms with van der Waals surface area (Å²) in [5, 5.41) is 11.7. The molecule has 0 spiro atoms. The largest absolute Gasteiger partial charge is 0.478 e. The van der Waals surface area contributed by atoms with Crippen LogP contribution in [0.4, 0.5) is 10.1 Å². The second-order valence-corrected chi connectivity index (χ2v) is 5.75. The second-order valence-electron chi connectivity index (χ2n) is 3.91. The standard InChI is InChI=1S/C11H15FN2O4S/c1-19(17,18)14-7-3-6-13-9-5-2-4-8(12)10(9)11(15)16/h2,4-5,13-14H,3,6-7H2,1H3,(H,15,16). The van der Waals surface area contributed by atoms with Crippen molar-refractivity contribution in [2.75, 3.05) is 24.7 Å². The van der Waals surface area contributed by atoms with Gasteiger partial charge in [0.15, 0.2) is 0 Å². The maximum atomic E-state index is 13.3. The van der Waals surface area contributed by atoms with E-state index in [1.165, 1.54) is 12.1 Å². The number of nitrogens with one attached hydrogen (secondary N) is 2. The van der Waals surface area contributed by atoms with Gasteiger partial charge < -0.3 is 10.4 Å². The molecule has 0 bridgehead atoms. The normalized spacial score (nSPS) is 11.3. The lowest BCUT2D eigenvalue weighted by Gasteiger charge is -2.10. The van der Waals surface area contributed by atoms with Crippen LogP contribution in [0.15, 0.2) is 18.2 Å². The predicted molar refractivity (Wildman–Crippen MR) is 69.3 cm³/mol. The molecule has 1 aromatic rings. The summed E-state index contributed by atoms with van der Waals surface area (Å²) in [7, 11) is -3.23. The number of carboxylic acid groups (broad SMARTS) is 1. The van der Waals surface area contributed by atoms with E-state index >= 15 is 0 Å². The minimum atomic E-state index is -3.23. The number of carboxylic acids is 1. The fourth-order valence-electron chi connectivity index (χ4n) is 1.46. The molecule has 0 fully saturated rings. The summed E-state index contributed by atoms with van der Waals surface area (Å²) in [6.45, 7) is 0.551. The highest BCUT2D eigenvalue weighted by Gasteiger charge is 2.14.